The van der Waals surface area contributed by atoms with Crippen molar-refractivity contribution in [1.29, 1.82) is 0 Å². The molecule has 0 amide bonds. The molecule has 2 heterocycles. The van der Waals surface area contributed by atoms with Gasteiger partial charge in [0.05, 0.1) is 34.7 Å². The molecule has 180 valence electrons. The summed E-state index contributed by atoms with van der Waals surface area (Å²) in [6.07, 6.45) is 3.57. The number of aryl methyl sites for hydroxylation is 1. The van der Waals surface area contributed by atoms with Crippen LogP contribution in [-0.4, -0.2) is 45.3 Å². The summed E-state index contributed by atoms with van der Waals surface area (Å²) in [6.45, 7) is 10.8. The van der Waals surface area contributed by atoms with E-state index in [0.29, 0.717) is 6.42 Å². The number of aliphatic hydroxyl groups excluding tert-OH is 2. The lowest BCUT2D eigenvalue weighted by atomic mass is 9.73. The summed E-state index contributed by atoms with van der Waals surface area (Å²) in [6, 6.07) is 0. The molecule has 0 radical (unpaired) electrons. The molecular weight excluding hydrogens is 426 g/mol. The molecule has 1 fully saturated rings. The van der Waals surface area contributed by atoms with E-state index in [9.17, 15) is 19.8 Å². The van der Waals surface area contributed by atoms with Crippen molar-refractivity contribution in [2.75, 3.05) is 0 Å². The summed E-state index contributed by atoms with van der Waals surface area (Å²) in [7, 11) is 0. The molecule has 0 aromatic carbocycles. The van der Waals surface area contributed by atoms with E-state index < -0.39 is 35.6 Å². The van der Waals surface area contributed by atoms with Crippen LogP contribution in [0.5, 0.6) is 0 Å². The van der Waals surface area contributed by atoms with E-state index in [4.69, 9.17) is 4.74 Å². The second-order valence-corrected chi connectivity index (χ2v) is 10.9. The molecule has 2 rings (SSSR count). The maximum atomic E-state index is 13.1. The van der Waals surface area contributed by atoms with Gasteiger partial charge in [0.1, 0.15) is 11.9 Å². The van der Waals surface area contributed by atoms with Crippen LogP contribution in [0.15, 0.2) is 11.0 Å². The number of Topliss-reactive ketones (excluding diaryl/α,β-unsaturated/α-hetero) is 1. The van der Waals surface area contributed by atoms with E-state index in [1.807, 2.05) is 32.2 Å². The summed E-state index contributed by atoms with van der Waals surface area (Å²) in [5.74, 6) is -1.40. The number of thiazole rings is 1. The minimum atomic E-state index is -1.19. The van der Waals surface area contributed by atoms with E-state index in [0.717, 1.165) is 42.0 Å². The van der Waals surface area contributed by atoms with Gasteiger partial charge in [0.2, 0.25) is 0 Å². The van der Waals surface area contributed by atoms with E-state index in [1.165, 1.54) is 0 Å². The Kier molecular flexibility index (Phi) is 9.61. The van der Waals surface area contributed by atoms with E-state index in [1.54, 1.807) is 32.1 Å². The number of hydrogen-bond acceptors (Lipinski definition) is 7. The average Bonchev–Trinajstić information content (AvgIpc) is 3.14. The number of ketones is 1. The molecule has 7 heteroatoms. The Balaban J connectivity index is 2.24. The Labute approximate surface area is 196 Å². The van der Waals surface area contributed by atoms with Gasteiger partial charge in [-0.1, -0.05) is 40.5 Å². The van der Waals surface area contributed by atoms with Gasteiger partial charge in [-0.2, -0.15) is 0 Å². The fourth-order valence-electron chi connectivity index (χ4n) is 4.31. The zero-order valence-corrected chi connectivity index (χ0v) is 21.1. The van der Waals surface area contributed by atoms with Crippen molar-refractivity contribution >= 4 is 29.2 Å². The molecule has 0 saturated carbocycles. The standard InChI is InChI=1S/C25H39NO5S/c1-15-10-8-7-9-11-20(16(2)12-19-14-32-18(4)26-19)31-22(28)13-21(27)25(5,6)24(30)17(3)23(15)29/h12,14-15,17,20-21,23,27,29H,7-11,13H2,1-6H3/b16-12+/t15?,17?,20-,21?,23-/m0/s1. The van der Waals surface area contributed by atoms with Gasteiger partial charge in [-0.05, 0) is 50.7 Å². The molecule has 5 atom stereocenters. The molecule has 1 aromatic heterocycles. The first-order chi connectivity index (χ1) is 14.9. The topological polar surface area (TPSA) is 96.7 Å². The van der Waals surface area contributed by atoms with E-state index in [-0.39, 0.29) is 18.1 Å². The molecule has 32 heavy (non-hydrogen) atoms. The number of nitrogens with zero attached hydrogens (tertiary/aromatic N) is 1. The highest BCUT2D eigenvalue weighted by Crippen LogP contribution is 2.32. The zero-order valence-electron chi connectivity index (χ0n) is 20.3. The highest BCUT2D eigenvalue weighted by molar-refractivity contribution is 7.09. The Hall–Kier alpha value is -1.57. The van der Waals surface area contributed by atoms with Gasteiger partial charge < -0.3 is 14.9 Å². The number of carbonyl (C=O) groups excluding carboxylic acids is 2. The number of aromatic nitrogens is 1. The van der Waals surface area contributed by atoms with Gasteiger partial charge in [-0.3, -0.25) is 9.59 Å². The summed E-state index contributed by atoms with van der Waals surface area (Å²) >= 11 is 1.57. The predicted octanol–water partition coefficient (Wildman–Crippen LogP) is 4.71. The SMILES string of the molecule is C/C(=C\c1csc(C)n1)[C@@H]1CCCCCC(C)[C@H](O)C(C)C(=O)C(C)(C)C(O)CC(=O)O1. The van der Waals surface area contributed by atoms with Crippen molar-refractivity contribution in [1.82, 2.24) is 4.98 Å². The second kappa shape index (κ2) is 11.5. The third-order valence-corrected chi connectivity index (χ3v) is 7.55. The molecule has 2 N–H and O–H groups in total. The molecule has 1 saturated heterocycles. The Morgan fingerprint density at radius 1 is 1.19 bits per heavy atom. The van der Waals surface area contributed by atoms with Crippen LogP contribution in [0, 0.1) is 24.2 Å². The molecule has 3 unspecified atom stereocenters. The normalized spacial score (nSPS) is 31.5. The van der Waals surface area contributed by atoms with Crippen molar-refractivity contribution in [3.05, 3.63) is 21.7 Å². The monoisotopic (exact) mass is 465 g/mol. The van der Waals surface area contributed by atoms with Crippen LogP contribution in [-0.2, 0) is 14.3 Å². The van der Waals surface area contributed by atoms with Gasteiger partial charge in [-0.15, -0.1) is 11.3 Å². The lowest BCUT2D eigenvalue weighted by Gasteiger charge is -2.34. The summed E-state index contributed by atoms with van der Waals surface area (Å²) in [4.78, 5) is 30.2. The summed E-state index contributed by atoms with van der Waals surface area (Å²) in [5.41, 5.74) is 0.591. The van der Waals surface area contributed by atoms with Crippen LogP contribution < -0.4 is 0 Å². The van der Waals surface area contributed by atoms with E-state index in [2.05, 4.69) is 4.98 Å². The van der Waals surface area contributed by atoms with Crippen molar-refractivity contribution in [2.24, 2.45) is 17.3 Å². The predicted molar refractivity (Wildman–Crippen MR) is 127 cm³/mol. The molecule has 1 aliphatic rings. The molecule has 6 nitrogen and oxygen atoms in total. The third kappa shape index (κ3) is 6.96. The first kappa shape index (κ1) is 26.7. The number of aliphatic hydroxyl groups is 2. The highest BCUT2D eigenvalue weighted by atomic mass is 32.1. The molecule has 1 aromatic rings. The van der Waals surface area contributed by atoms with Crippen LogP contribution in [0.4, 0.5) is 0 Å². The number of ether oxygens (including phenoxy) is 1. The summed E-state index contributed by atoms with van der Waals surface area (Å²) in [5, 5.41) is 24.4. The maximum Gasteiger partial charge on any atom is 0.309 e. The van der Waals surface area contributed by atoms with Crippen molar-refractivity contribution in [3.63, 3.8) is 0 Å². The molecule has 0 aliphatic carbocycles. The van der Waals surface area contributed by atoms with Gasteiger partial charge in [-0.25, -0.2) is 4.98 Å². The lowest BCUT2D eigenvalue weighted by molar-refractivity contribution is -0.154. The van der Waals surface area contributed by atoms with Crippen molar-refractivity contribution < 1.29 is 24.5 Å². The van der Waals surface area contributed by atoms with Crippen molar-refractivity contribution in [3.8, 4) is 0 Å². The van der Waals surface area contributed by atoms with Crippen molar-refractivity contribution in [2.45, 2.75) is 98.4 Å². The Morgan fingerprint density at radius 2 is 1.84 bits per heavy atom. The lowest BCUT2D eigenvalue weighted by Crippen LogP contribution is -2.45. The fraction of sp³-hybridized carbons (Fsp3) is 0.720. The molecule has 1 aliphatic heterocycles. The first-order valence-corrected chi connectivity index (χ1v) is 12.5. The number of cyclic esters (lactones) is 1. The number of carbonyl (C=O) groups is 2. The van der Waals surface area contributed by atoms with Crippen LogP contribution >= 0.6 is 11.3 Å². The van der Waals surface area contributed by atoms with Gasteiger partial charge >= 0.3 is 5.97 Å². The van der Waals surface area contributed by atoms with Crippen LogP contribution in [0.3, 0.4) is 0 Å². The zero-order chi connectivity index (χ0) is 24.1. The minimum Gasteiger partial charge on any atom is -0.458 e. The largest absolute Gasteiger partial charge is 0.458 e. The maximum absolute atomic E-state index is 13.1. The smallest absolute Gasteiger partial charge is 0.309 e. The Morgan fingerprint density at radius 3 is 2.47 bits per heavy atom. The van der Waals surface area contributed by atoms with Crippen LogP contribution in [0.25, 0.3) is 6.08 Å². The number of esters is 1. The second-order valence-electron chi connectivity index (χ2n) is 9.86. The van der Waals surface area contributed by atoms with Crippen LogP contribution in [0.2, 0.25) is 0 Å². The van der Waals surface area contributed by atoms with Gasteiger partial charge in [0.25, 0.3) is 0 Å². The Bertz CT molecular complexity index is 815. The molecule has 0 spiro atoms. The van der Waals surface area contributed by atoms with Gasteiger partial charge in [0, 0.05) is 11.3 Å². The number of rotatable bonds is 2. The highest BCUT2D eigenvalue weighted by Gasteiger charge is 2.42. The molecule has 0 bridgehead atoms. The fourth-order valence-corrected chi connectivity index (χ4v) is 4.88. The third-order valence-electron chi connectivity index (χ3n) is 6.76. The first-order valence-electron chi connectivity index (χ1n) is 11.6. The molecular formula is C25H39NO5S. The van der Waals surface area contributed by atoms with Crippen LogP contribution in [0.1, 0.15) is 83.8 Å². The van der Waals surface area contributed by atoms with Gasteiger partial charge in [0.15, 0.2) is 0 Å². The average molecular weight is 466 g/mol. The minimum absolute atomic E-state index is 0.0183. The summed E-state index contributed by atoms with van der Waals surface area (Å²) < 4.78 is 5.78. The number of hydrogen-bond donors (Lipinski definition) is 2. The van der Waals surface area contributed by atoms with E-state index >= 15 is 0 Å². The quantitative estimate of drug-likeness (QED) is 0.614.